The molecule has 7 heteroatoms. The van der Waals surface area contributed by atoms with Crippen molar-refractivity contribution in [1.29, 1.82) is 0 Å². The van der Waals surface area contributed by atoms with Gasteiger partial charge in [-0.2, -0.15) is 0 Å². The van der Waals surface area contributed by atoms with Crippen LogP contribution in [0.2, 0.25) is 0 Å². The molecule has 1 heterocycles. The Hall–Kier alpha value is -0.660. The summed E-state index contributed by atoms with van der Waals surface area (Å²) < 4.78 is 24.1. The number of nitrogens with zero attached hydrogens (tertiary/aromatic N) is 1. The molecule has 0 bridgehead atoms. The SMILES string of the molecule is CS(=O)(=O)N1CCCC(C[C@H](N)C(=O)O)C1. The van der Waals surface area contributed by atoms with Gasteiger partial charge in [-0.3, -0.25) is 4.79 Å². The first-order chi connectivity index (χ1) is 7.30. The van der Waals surface area contributed by atoms with Crippen molar-refractivity contribution >= 4 is 16.0 Å². The molecule has 0 radical (unpaired) electrons. The van der Waals surface area contributed by atoms with E-state index in [1.807, 2.05) is 0 Å². The van der Waals surface area contributed by atoms with Crippen LogP contribution in [0.15, 0.2) is 0 Å². The first kappa shape index (κ1) is 13.4. The number of hydrogen-bond acceptors (Lipinski definition) is 4. The average molecular weight is 250 g/mol. The molecule has 6 nitrogen and oxygen atoms in total. The first-order valence-electron chi connectivity index (χ1n) is 5.24. The number of carboxylic acids is 1. The molecular formula is C9H18N2O4S. The number of nitrogens with two attached hydrogens (primary N) is 1. The van der Waals surface area contributed by atoms with Gasteiger partial charge in [0, 0.05) is 13.1 Å². The highest BCUT2D eigenvalue weighted by molar-refractivity contribution is 7.88. The van der Waals surface area contributed by atoms with E-state index in [1.54, 1.807) is 0 Å². The van der Waals surface area contributed by atoms with Crippen molar-refractivity contribution in [1.82, 2.24) is 4.31 Å². The van der Waals surface area contributed by atoms with Crippen molar-refractivity contribution in [2.75, 3.05) is 19.3 Å². The summed E-state index contributed by atoms with van der Waals surface area (Å²) in [6, 6.07) is -0.899. The Morgan fingerprint density at radius 2 is 2.25 bits per heavy atom. The Morgan fingerprint density at radius 1 is 1.62 bits per heavy atom. The van der Waals surface area contributed by atoms with Gasteiger partial charge < -0.3 is 10.8 Å². The summed E-state index contributed by atoms with van der Waals surface area (Å²) in [6.45, 7) is 0.914. The molecule has 1 saturated heterocycles. The van der Waals surface area contributed by atoms with E-state index in [9.17, 15) is 13.2 Å². The van der Waals surface area contributed by atoms with Crippen LogP contribution in [0.5, 0.6) is 0 Å². The third kappa shape index (κ3) is 3.73. The van der Waals surface area contributed by atoms with Crippen LogP contribution in [-0.2, 0) is 14.8 Å². The van der Waals surface area contributed by atoms with Crippen LogP contribution < -0.4 is 5.73 Å². The predicted octanol–water partition coefficient (Wildman–Crippen LogP) is -0.540. The van der Waals surface area contributed by atoms with Crippen LogP contribution in [0.1, 0.15) is 19.3 Å². The van der Waals surface area contributed by atoms with Gasteiger partial charge in [-0.1, -0.05) is 0 Å². The molecule has 1 fully saturated rings. The number of rotatable bonds is 4. The maximum Gasteiger partial charge on any atom is 0.320 e. The molecule has 0 aliphatic carbocycles. The van der Waals surface area contributed by atoms with Crippen molar-refractivity contribution in [2.24, 2.45) is 11.7 Å². The third-order valence-electron chi connectivity index (χ3n) is 2.86. The molecule has 0 aromatic carbocycles. The Labute approximate surface area is 95.5 Å². The second kappa shape index (κ2) is 5.11. The van der Waals surface area contributed by atoms with Gasteiger partial charge in [-0.25, -0.2) is 12.7 Å². The van der Waals surface area contributed by atoms with E-state index in [0.29, 0.717) is 19.5 Å². The Morgan fingerprint density at radius 3 is 2.75 bits per heavy atom. The largest absolute Gasteiger partial charge is 0.480 e. The summed E-state index contributed by atoms with van der Waals surface area (Å²) in [7, 11) is -3.17. The average Bonchev–Trinajstić information content (AvgIpc) is 2.16. The molecule has 1 unspecified atom stereocenters. The highest BCUT2D eigenvalue weighted by atomic mass is 32.2. The molecule has 0 saturated carbocycles. The minimum atomic E-state index is -3.17. The molecule has 16 heavy (non-hydrogen) atoms. The minimum absolute atomic E-state index is 0.0505. The zero-order chi connectivity index (χ0) is 12.3. The van der Waals surface area contributed by atoms with E-state index in [4.69, 9.17) is 10.8 Å². The van der Waals surface area contributed by atoms with Crippen LogP contribution in [0.4, 0.5) is 0 Å². The molecule has 0 spiro atoms. The predicted molar refractivity (Wildman–Crippen MR) is 59.4 cm³/mol. The van der Waals surface area contributed by atoms with Crippen LogP contribution in [-0.4, -0.2) is 49.2 Å². The second-order valence-corrected chi connectivity index (χ2v) is 6.29. The van der Waals surface area contributed by atoms with Crippen molar-refractivity contribution in [3.05, 3.63) is 0 Å². The lowest BCUT2D eigenvalue weighted by molar-refractivity contribution is -0.139. The van der Waals surface area contributed by atoms with E-state index in [1.165, 1.54) is 10.6 Å². The number of sulfonamides is 1. The molecule has 94 valence electrons. The smallest absolute Gasteiger partial charge is 0.320 e. The highest BCUT2D eigenvalue weighted by Gasteiger charge is 2.28. The summed E-state index contributed by atoms with van der Waals surface area (Å²) in [6.07, 6.45) is 3.12. The third-order valence-corrected chi connectivity index (χ3v) is 4.12. The van der Waals surface area contributed by atoms with Gasteiger partial charge >= 0.3 is 5.97 Å². The maximum atomic E-state index is 11.3. The summed E-state index contributed by atoms with van der Waals surface area (Å²) >= 11 is 0. The first-order valence-corrected chi connectivity index (χ1v) is 7.09. The number of carboxylic acid groups (broad SMARTS) is 1. The molecule has 0 aromatic rings. The Kier molecular flexibility index (Phi) is 4.28. The topological polar surface area (TPSA) is 101 Å². The van der Waals surface area contributed by atoms with E-state index in [0.717, 1.165) is 12.8 Å². The molecule has 0 aromatic heterocycles. The number of aliphatic carboxylic acids is 1. The molecule has 1 aliphatic heterocycles. The standard InChI is InChI=1S/C9H18N2O4S/c1-16(14,15)11-4-2-3-7(6-11)5-8(10)9(12)13/h7-8H,2-6,10H2,1H3,(H,12,13)/t7?,8-/m0/s1. The molecule has 1 aliphatic rings. The zero-order valence-corrected chi connectivity index (χ0v) is 10.1. The lowest BCUT2D eigenvalue weighted by Crippen LogP contribution is -2.42. The minimum Gasteiger partial charge on any atom is -0.480 e. The number of carbonyl (C=O) groups is 1. The van der Waals surface area contributed by atoms with Gasteiger partial charge in [0.1, 0.15) is 6.04 Å². The van der Waals surface area contributed by atoms with Gasteiger partial charge in [0.15, 0.2) is 0 Å². The molecule has 0 amide bonds. The summed E-state index contributed by atoms with van der Waals surface area (Å²) in [4.78, 5) is 10.6. The Balaban J connectivity index is 2.55. The lowest BCUT2D eigenvalue weighted by Gasteiger charge is -2.31. The van der Waals surface area contributed by atoms with Gasteiger partial charge in [-0.15, -0.1) is 0 Å². The molecule has 1 rings (SSSR count). The van der Waals surface area contributed by atoms with Crippen molar-refractivity contribution < 1.29 is 18.3 Å². The summed E-state index contributed by atoms with van der Waals surface area (Å²) in [5, 5.41) is 8.68. The highest BCUT2D eigenvalue weighted by Crippen LogP contribution is 2.22. The fourth-order valence-electron chi connectivity index (χ4n) is 1.98. The second-order valence-electron chi connectivity index (χ2n) is 4.31. The van der Waals surface area contributed by atoms with E-state index in [2.05, 4.69) is 0 Å². The quantitative estimate of drug-likeness (QED) is 0.698. The van der Waals surface area contributed by atoms with Crippen molar-refractivity contribution in [2.45, 2.75) is 25.3 Å². The van der Waals surface area contributed by atoms with Crippen LogP contribution in [0, 0.1) is 5.92 Å². The molecular weight excluding hydrogens is 232 g/mol. The molecule has 2 atom stereocenters. The van der Waals surface area contributed by atoms with E-state index >= 15 is 0 Å². The van der Waals surface area contributed by atoms with Crippen molar-refractivity contribution in [3.63, 3.8) is 0 Å². The summed E-state index contributed by atoms with van der Waals surface area (Å²) in [5.74, 6) is -0.981. The zero-order valence-electron chi connectivity index (χ0n) is 9.30. The molecule has 3 N–H and O–H groups in total. The normalized spacial score (nSPS) is 25.2. The summed E-state index contributed by atoms with van der Waals surface area (Å²) in [5.41, 5.74) is 5.43. The number of hydrogen-bond donors (Lipinski definition) is 2. The van der Waals surface area contributed by atoms with Gasteiger partial charge in [0.25, 0.3) is 0 Å². The van der Waals surface area contributed by atoms with Gasteiger partial charge in [0.2, 0.25) is 10.0 Å². The van der Waals surface area contributed by atoms with Crippen LogP contribution in [0.25, 0.3) is 0 Å². The fourth-order valence-corrected chi connectivity index (χ4v) is 2.92. The van der Waals surface area contributed by atoms with E-state index in [-0.39, 0.29) is 5.92 Å². The lowest BCUT2D eigenvalue weighted by atomic mass is 9.93. The van der Waals surface area contributed by atoms with Crippen LogP contribution in [0.3, 0.4) is 0 Å². The monoisotopic (exact) mass is 250 g/mol. The number of piperidine rings is 1. The van der Waals surface area contributed by atoms with Gasteiger partial charge in [0.05, 0.1) is 6.26 Å². The van der Waals surface area contributed by atoms with Gasteiger partial charge in [-0.05, 0) is 25.2 Å². The van der Waals surface area contributed by atoms with Crippen LogP contribution >= 0.6 is 0 Å². The van der Waals surface area contributed by atoms with Crippen molar-refractivity contribution in [3.8, 4) is 0 Å². The fraction of sp³-hybridized carbons (Fsp3) is 0.889. The van der Waals surface area contributed by atoms with E-state index < -0.39 is 22.0 Å². The maximum absolute atomic E-state index is 11.3. The Bertz CT molecular complexity index is 355.